The maximum atomic E-state index is 13.0. The maximum absolute atomic E-state index is 13.0. The smallest absolute Gasteiger partial charge is 0.326 e. The number of hydrogen-bond donors (Lipinski definition) is 12. The third-order valence-corrected chi connectivity index (χ3v) is 7.17. The molecule has 20 nitrogen and oxygen atoms in total. The number of nitrogens with two attached hydrogens (primary N) is 2. The summed E-state index contributed by atoms with van der Waals surface area (Å²) in [6.45, 7) is 6.49. The molecule has 0 rings (SSSR count). The first-order chi connectivity index (χ1) is 22.7. The molecule has 0 heterocycles. The van der Waals surface area contributed by atoms with E-state index < -0.39 is 121 Å². The quantitative estimate of drug-likeness (QED) is 0.0445. The van der Waals surface area contributed by atoms with E-state index in [0.717, 1.165) is 0 Å². The molecular formula is C29H52N8O12. The highest BCUT2D eigenvalue weighted by atomic mass is 16.4. The zero-order valence-corrected chi connectivity index (χ0v) is 28.4. The van der Waals surface area contributed by atoms with E-state index in [1.165, 1.54) is 20.8 Å². The van der Waals surface area contributed by atoms with Crippen molar-refractivity contribution in [3.8, 4) is 0 Å². The molecule has 280 valence electrons. The molecule has 0 aromatic heterocycles. The predicted molar refractivity (Wildman–Crippen MR) is 172 cm³/mol. The van der Waals surface area contributed by atoms with Crippen LogP contribution < -0.4 is 43.4 Å². The average molecular weight is 705 g/mol. The second-order valence-corrected chi connectivity index (χ2v) is 11.9. The number of carboxylic acids is 2. The van der Waals surface area contributed by atoms with E-state index in [-0.39, 0.29) is 6.42 Å². The monoisotopic (exact) mass is 704 g/mol. The summed E-state index contributed by atoms with van der Waals surface area (Å²) in [6.07, 6.45) is -2.64. The van der Waals surface area contributed by atoms with Gasteiger partial charge in [-0.2, -0.15) is 0 Å². The van der Waals surface area contributed by atoms with Gasteiger partial charge in [-0.1, -0.05) is 13.8 Å². The Balaban J connectivity index is 5.53. The molecule has 0 saturated carbocycles. The summed E-state index contributed by atoms with van der Waals surface area (Å²) < 4.78 is 0. The van der Waals surface area contributed by atoms with Crippen LogP contribution in [0.1, 0.15) is 66.7 Å². The number of carbonyl (C=O) groups is 8. The van der Waals surface area contributed by atoms with Crippen molar-refractivity contribution < 1.29 is 58.8 Å². The number of hydrogen-bond acceptors (Lipinski definition) is 12. The standard InChI is InChI=1S/C29H52N8O12/c1-13(2)22(36-26(45)21(31)15(4)38)27(46)37-23(16(5)39)28(47)33-14(3)24(43)35-17(9-10-20(41)42)25(44)32-12-19(40)34-18(29(48)49)8-6-7-11-30/h13-18,21-23,38-39H,6-12,30-31H2,1-5H3,(H,32,44)(H,33,47)(H,34,40)(H,35,43)(H,36,45)(H,37,46)(H,41,42)(H,48,49)/t14-,15+,16+,17-,18-,21-,22-,23-/m0/s1. The molecule has 0 aromatic rings. The summed E-state index contributed by atoms with van der Waals surface area (Å²) in [5.41, 5.74) is 11.0. The van der Waals surface area contributed by atoms with Gasteiger partial charge in [0.2, 0.25) is 35.4 Å². The average Bonchev–Trinajstić information content (AvgIpc) is 3.01. The Morgan fingerprint density at radius 3 is 1.69 bits per heavy atom. The minimum Gasteiger partial charge on any atom is -0.481 e. The van der Waals surface area contributed by atoms with Crippen molar-refractivity contribution in [2.75, 3.05) is 13.1 Å². The summed E-state index contributed by atoms with van der Waals surface area (Å²) in [4.78, 5) is 99.0. The number of nitrogens with one attached hydrogen (secondary N) is 6. The largest absolute Gasteiger partial charge is 0.481 e. The van der Waals surface area contributed by atoms with Crippen LogP contribution in [-0.4, -0.2) is 129 Å². The van der Waals surface area contributed by atoms with Gasteiger partial charge in [-0.25, -0.2) is 4.79 Å². The second kappa shape index (κ2) is 22.3. The van der Waals surface area contributed by atoms with Gasteiger partial charge >= 0.3 is 11.9 Å². The van der Waals surface area contributed by atoms with Crippen molar-refractivity contribution in [3.63, 3.8) is 0 Å². The van der Waals surface area contributed by atoms with E-state index >= 15 is 0 Å². The molecule has 6 amide bonds. The zero-order chi connectivity index (χ0) is 38.0. The van der Waals surface area contributed by atoms with Crippen molar-refractivity contribution >= 4 is 47.4 Å². The SMILES string of the molecule is CC(C)[C@H](NC(=O)[C@@H](N)[C@@H](C)O)C(=O)N[C@H](C(=O)N[C@@H](C)C(=O)N[C@@H](CCC(=O)O)C(=O)NCC(=O)N[C@@H](CCCCN)C(=O)O)[C@@H](C)O. The lowest BCUT2D eigenvalue weighted by molar-refractivity contribution is -0.142. The number of amides is 6. The Morgan fingerprint density at radius 2 is 1.20 bits per heavy atom. The number of aliphatic hydroxyl groups is 2. The molecular weight excluding hydrogens is 652 g/mol. The van der Waals surface area contributed by atoms with Crippen LogP contribution in [-0.2, 0) is 38.4 Å². The van der Waals surface area contributed by atoms with E-state index in [4.69, 9.17) is 16.6 Å². The number of carboxylic acid groups (broad SMARTS) is 2. The van der Waals surface area contributed by atoms with E-state index in [1.54, 1.807) is 13.8 Å². The number of aliphatic hydroxyl groups excluding tert-OH is 2. The third-order valence-electron chi connectivity index (χ3n) is 7.17. The van der Waals surface area contributed by atoms with Gasteiger partial charge in [-0.15, -0.1) is 0 Å². The normalized spacial score (nSPS) is 16.0. The third kappa shape index (κ3) is 17.0. The van der Waals surface area contributed by atoms with E-state index in [1.807, 2.05) is 0 Å². The van der Waals surface area contributed by atoms with Crippen LogP contribution in [0.5, 0.6) is 0 Å². The zero-order valence-electron chi connectivity index (χ0n) is 28.4. The fourth-order valence-corrected chi connectivity index (χ4v) is 4.14. The number of carbonyl (C=O) groups excluding carboxylic acids is 6. The van der Waals surface area contributed by atoms with E-state index in [9.17, 15) is 53.7 Å². The minimum atomic E-state index is -1.62. The molecule has 0 aromatic carbocycles. The number of aliphatic carboxylic acids is 2. The van der Waals surface area contributed by atoms with Crippen LogP contribution in [0.15, 0.2) is 0 Å². The highest BCUT2D eigenvalue weighted by Crippen LogP contribution is 2.06. The molecule has 20 heteroatoms. The van der Waals surface area contributed by atoms with Gasteiger partial charge in [0.1, 0.15) is 36.3 Å². The van der Waals surface area contributed by atoms with Crippen molar-refractivity contribution in [2.45, 2.75) is 115 Å². The Labute approximate surface area is 283 Å². The van der Waals surface area contributed by atoms with E-state index in [0.29, 0.717) is 19.4 Å². The van der Waals surface area contributed by atoms with Gasteiger partial charge in [0.05, 0.1) is 18.8 Å². The van der Waals surface area contributed by atoms with Crippen molar-refractivity contribution in [3.05, 3.63) is 0 Å². The van der Waals surface area contributed by atoms with Crippen LogP contribution in [0.3, 0.4) is 0 Å². The van der Waals surface area contributed by atoms with Crippen LogP contribution in [0.2, 0.25) is 0 Å². The molecule has 0 saturated heterocycles. The number of unbranched alkanes of at least 4 members (excludes halogenated alkanes) is 1. The summed E-state index contributed by atoms with van der Waals surface area (Å²) in [5, 5.41) is 51.9. The van der Waals surface area contributed by atoms with E-state index in [2.05, 4.69) is 31.9 Å². The molecule has 0 radical (unpaired) electrons. The van der Waals surface area contributed by atoms with Gasteiger partial charge < -0.3 is 63.8 Å². The summed E-state index contributed by atoms with van der Waals surface area (Å²) in [7, 11) is 0. The molecule has 49 heavy (non-hydrogen) atoms. The topological polar surface area (TPSA) is 342 Å². The lowest BCUT2D eigenvalue weighted by Crippen LogP contribution is -2.62. The van der Waals surface area contributed by atoms with Gasteiger partial charge in [0.15, 0.2) is 0 Å². The Kier molecular flexibility index (Phi) is 20.3. The van der Waals surface area contributed by atoms with Crippen LogP contribution in [0, 0.1) is 5.92 Å². The molecule has 0 bridgehead atoms. The van der Waals surface area contributed by atoms with Crippen LogP contribution >= 0.6 is 0 Å². The summed E-state index contributed by atoms with van der Waals surface area (Å²) >= 11 is 0. The summed E-state index contributed by atoms with van der Waals surface area (Å²) in [5.74, 6) is -8.64. The summed E-state index contributed by atoms with van der Waals surface area (Å²) in [6, 6.07) is -8.32. The van der Waals surface area contributed by atoms with Gasteiger partial charge in [-0.05, 0) is 58.9 Å². The van der Waals surface area contributed by atoms with Gasteiger partial charge in [0, 0.05) is 6.42 Å². The van der Waals surface area contributed by atoms with Crippen molar-refractivity contribution in [1.29, 1.82) is 0 Å². The lowest BCUT2D eigenvalue weighted by atomic mass is 10.0. The molecule has 0 spiro atoms. The van der Waals surface area contributed by atoms with Gasteiger partial charge in [-0.3, -0.25) is 33.6 Å². The Hall–Kier alpha value is -4.40. The first-order valence-corrected chi connectivity index (χ1v) is 15.8. The molecule has 14 N–H and O–H groups in total. The van der Waals surface area contributed by atoms with Gasteiger partial charge in [0.25, 0.3) is 0 Å². The highest BCUT2D eigenvalue weighted by Gasteiger charge is 2.34. The molecule has 0 aliphatic heterocycles. The first-order valence-electron chi connectivity index (χ1n) is 15.8. The lowest BCUT2D eigenvalue weighted by Gasteiger charge is -2.28. The molecule has 0 unspecified atom stereocenters. The molecule has 8 atom stereocenters. The Morgan fingerprint density at radius 1 is 0.633 bits per heavy atom. The predicted octanol–water partition coefficient (Wildman–Crippen LogP) is -4.63. The molecule has 0 aliphatic carbocycles. The highest BCUT2D eigenvalue weighted by molar-refractivity contribution is 5.96. The number of rotatable bonds is 23. The fourth-order valence-electron chi connectivity index (χ4n) is 4.14. The molecule has 0 fully saturated rings. The second-order valence-electron chi connectivity index (χ2n) is 11.9. The van der Waals surface area contributed by atoms with Crippen molar-refractivity contribution in [1.82, 2.24) is 31.9 Å². The first kappa shape index (κ1) is 44.6. The van der Waals surface area contributed by atoms with Crippen molar-refractivity contribution in [2.24, 2.45) is 17.4 Å². The Bertz CT molecular complexity index is 1170. The molecule has 0 aliphatic rings. The fraction of sp³-hybridized carbons (Fsp3) is 0.724. The van der Waals surface area contributed by atoms with Crippen LogP contribution in [0.4, 0.5) is 0 Å². The maximum Gasteiger partial charge on any atom is 0.326 e. The van der Waals surface area contributed by atoms with Crippen LogP contribution in [0.25, 0.3) is 0 Å². The minimum absolute atomic E-state index is 0.0975.